The molecule has 0 amide bonds. The topological polar surface area (TPSA) is 132 Å². The van der Waals surface area contributed by atoms with E-state index in [0.29, 0.717) is 12.3 Å². The van der Waals surface area contributed by atoms with Gasteiger partial charge in [-0.1, -0.05) is 67.4 Å². The molecule has 228 valence electrons. The normalized spacial score (nSPS) is 35.0. The van der Waals surface area contributed by atoms with Crippen molar-refractivity contribution in [1.82, 2.24) is 0 Å². The first-order valence-electron chi connectivity index (χ1n) is 15.5. The van der Waals surface area contributed by atoms with Crippen LogP contribution in [0, 0.1) is 28.6 Å². The molecule has 0 aliphatic heterocycles. The van der Waals surface area contributed by atoms with E-state index in [0.717, 1.165) is 49.3 Å². The van der Waals surface area contributed by atoms with Crippen molar-refractivity contribution in [2.45, 2.75) is 111 Å². The molecular formula is C35H46O7. The smallest absolute Gasteiger partial charge is 0.209 e. The Morgan fingerprint density at radius 1 is 1.00 bits per heavy atom. The summed E-state index contributed by atoms with van der Waals surface area (Å²) >= 11 is 0. The molecule has 5 rings (SSSR count). The van der Waals surface area contributed by atoms with E-state index in [1.165, 1.54) is 0 Å². The summed E-state index contributed by atoms with van der Waals surface area (Å²) in [5, 5.41) is 47.2. The first-order valence-corrected chi connectivity index (χ1v) is 15.5. The number of carbonyl (C=O) groups excluding carboxylic acids is 3. The first kappa shape index (κ1) is 30.5. The maximum atomic E-state index is 14.5. The highest BCUT2D eigenvalue weighted by Crippen LogP contribution is 2.65. The third-order valence-electron chi connectivity index (χ3n) is 11.1. The first-order chi connectivity index (χ1) is 19.4. The summed E-state index contributed by atoms with van der Waals surface area (Å²) < 4.78 is 0. The van der Waals surface area contributed by atoms with Gasteiger partial charge in [0.05, 0.1) is 5.56 Å². The van der Waals surface area contributed by atoms with Gasteiger partial charge in [-0.05, 0) is 73.0 Å². The molecule has 1 aromatic rings. The van der Waals surface area contributed by atoms with E-state index in [1.807, 2.05) is 20.8 Å². The predicted molar refractivity (Wildman–Crippen MR) is 160 cm³/mol. The third kappa shape index (κ3) is 3.91. The predicted octanol–water partition coefficient (Wildman–Crippen LogP) is 6.76. The van der Waals surface area contributed by atoms with Gasteiger partial charge in [-0.3, -0.25) is 14.4 Å². The molecular weight excluding hydrogens is 532 g/mol. The van der Waals surface area contributed by atoms with Crippen molar-refractivity contribution < 1.29 is 34.8 Å². The van der Waals surface area contributed by atoms with Gasteiger partial charge in [0.2, 0.25) is 5.78 Å². The SMILES string of the molecule is CC(=O)C1=C(O)C(C(C)C)[C@@]2(C)C[C@@]3(C)Cc4c(C(C)C)cc(C5CCC(C)CC5)c(O)c4C(=O)C3=C(O)[C@@]2(O)C1=O. The Labute approximate surface area is 248 Å². The second kappa shape index (κ2) is 9.80. The van der Waals surface area contributed by atoms with Crippen LogP contribution in [0.15, 0.2) is 28.7 Å². The van der Waals surface area contributed by atoms with E-state index in [4.69, 9.17) is 0 Å². The lowest BCUT2D eigenvalue weighted by Gasteiger charge is -2.59. The zero-order valence-electron chi connectivity index (χ0n) is 26.2. The minimum atomic E-state index is -2.59. The molecule has 1 unspecified atom stereocenters. The molecule has 1 aromatic carbocycles. The maximum Gasteiger partial charge on any atom is 0.209 e. The highest BCUT2D eigenvalue weighted by Gasteiger charge is 2.71. The molecule has 4 N–H and O–H groups in total. The van der Waals surface area contributed by atoms with Crippen molar-refractivity contribution in [2.75, 3.05) is 0 Å². The highest BCUT2D eigenvalue weighted by molar-refractivity contribution is 6.25. The minimum absolute atomic E-state index is 0.0667. The Kier molecular flexibility index (Phi) is 7.12. The zero-order chi connectivity index (χ0) is 31.3. The van der Waals surface area contributed by atoms with Crippen LogP contribution in [0.3, 0.4) is 0 Å². The van der Waals surface area contributed by atoms with Gasteiger partial charge in [0, 0.05) is 22.3 Å². The lowest BCUT2D eigenvalue weighted by Crippen LogP contribution is -2.67. The zero-order valence-corrected chi connectivity index (χ0v) is 26.2. The average Bonchev–Trinajstić information content (AvgIpc) is 2.86. The summed E-state index contributed by atoms with van der Waals surface area (Å²) in [5.74, 6) is -3.93. The molecule has 0 bridgehead atoms. The average molecular weight is 579 g/mol. The van der Waals surface area contributed by atoms with Gasteiger partial charge in [-0.25, -0.2) is 0 Å². The van der Waals surface area contributed by atoms with Crippen LogP contribution in [0.5, 0.6) is 5.75 Å². The molecule has 0 radical (unpaired) electrons. The number of phenols is 1. The number of aromatic hydroxyl groups is 1. The van der Waals surface area contributed by atoms with Crippen LogP contribution < -0.4 is 0 Å². The quantitative estimate of drug-likeness (QED) is 0.290. The van der Waals surface area contributed by atoms with Crippen LogP contribution in [0.4, 0.5) is 0 Å². The minimum Gasteiger partial charge on any atom is -0.511 e. The number of rotatable bonds is 4. The van der Waals surface area contributed by atoms with Gasteiger partial charge < -0.3 is 20.4 Å². The summed E-state index contributed by atoms with van der Waals surface area (Å²) in [6.45, 7) is 14.7. The second-order valence-electron chi connectivity index (χ2n) is 14.8. The number of hydrogen-bond acceptors (Lipinski definition) is 7. The Morgan fingerprint density at radius 2 is 1.60 bits per heavy atom. The summed E-state index contributed by atoms with van der Waals surface area (Å²) in [7, 11) is 0. The molecule has 0 aromatic heterocycles. The highest BCUT2D eigenvalue weighted by atomic mass is 16.3. The largest absolute Gasteiger partial charge is 0.511 e. The Morgan fingerprint density at radius 3 is 2.12 bits per heavy atom. The van der Waals surface area contributed by atoms with E-state index in [-0.39, 0.29) is 46.8 Å². The van der Waals surface area contributed by atoms with Gasteiger partial charge in [0.1, 0.15) is 22.8 Å². The molecule has 7 heteroatoms. The molecule has 0 heterocycles. The van der Waals surface area contributed by atoms with Crippen LogP contribution in [0.2, 0.25) is 0 Å². The van der Waals surface area contributed by atoms with Crippen molar-refractivity contribution >= 4 is 17.3 Å². The molecule has 0 saturated heterocycles. The van der Waals surface area contributed by atoms with E-state index in [2.05, 4.69) is 26.8 Å². The number of allylic oxidation sites excluding steroid dienone is 2. The number of phenolic OH excluding ortho intramolecular Hbond substituents is 1. The third-order valence-corrected chi connectivity index (χ3v) is 11.1. The van der Waals surface area contributed by atoms with Gasteiger partial charge in [-0.2, -0.15) is 0 Å². The van der Waals surface area contributed by atoms with E-state index >= 15 is 0 Å². The van der Waals surface area contributed by atoms with Crippen molar-refractivity contribution in [1.29, 1.82) is 0 Å². The van der Waals surface area contributed by atoms with Crippen LogP contribution in [-0.2, 0) is 16.0 Å². The van der Waals surface area contributed by atoms with Gasteiger partial charge in [0.15, 0.2) is 17.2 Å². The van der Waals surface area contributed by atoms with Crippen molar-refractivity contribution in [3.63, 3.8) is 0 Å². The fourth-order valence-electron chi connectivity index (χ4n) is 9.25. The van der Waals surface area contributed by atoms with Crippen LogP contribution in [0.1, 0.15) is 126 Å². The molecule has 1 saturated carbocycles. The monoisotopic (exact) mass is 578 g/mol. The Balaban J connectivity index is 1.78. The number of aliphatic hydroxyl groups is 3. The maximum absolute atomic E-state index is 14.5. The van der Waals surface area contributed by atoms with Gasteiger partial charge >= 0.3 is 0 Å². The molecule has 4 aliphatic carbocycles. The fourth-order valence-corrected chi connectivity index (χ4v) is 9.25. The standard InChI is InChI=1S/C35H46O7/c1-16(2)21-13-22(20-11-9-18(5)10-12-20)28(37)25-23(21)14-33(7)15-34(8)26(17(3)4)29(38)24(19(6)36)31(40)35(34,42)32(41)27(33)30(25)39/h13,16-18,20,26,37-38,41-42H,9-12,14-15H2,1-8H3/t18?,20?,26?,33-,34-,35+/m1/s1. The molecule has 1 fully saturated rings. The van der Waals surface area contributed by atoms with E-state index < -0.39 is 51.0 Å². The van der Waals surface area contributed by atoms with Gasteiger partial charge in [-0.15, -0.1) is 0 Å². The van der Waals surface area contributed by atoms with Crippen LogP contribution in [-0.4, -0.2) is 43.4 Å². The molecule has 4 atom stereocenters. The molecule has 7 nitrogen and oxygen atoms in total. The number of fused-ring (bicyclic) bond motifs is 3. The van der Waals surface area contributed by atoms with E-state index in [9.17, 15) is 34.8 Å². The lowest BCUT2D eigenvalue weighted by atomic mass is 9.44. The summed E-state index contributed by atoms with van der Waals surface area (Å²) in [5.41, 5.74) is -3.02. The van der Waals surface area contributed by atoms with Crippen molar-refractivity contribution in [2.24, 2.45) is 28.6 Å². The Hall–Kier alpha value is -2.93. The van der Waals surface area contributed by atoms with Crippen molar-refractivity contribution in [3.05, 3.63) is 51.0 Å². The summed E-state index contributed by atoms with van der Waals surface area (Å²) in [4.78, 5) is 41.0. The number of ketones is 3. The fraction of sp³-hybridized carbons (Fsp3) is 0.629. The molecule has 42 heavy (non-hydrogen) atoms. The number of hydrogen-bond donors (Lipinski definition) is 4. The summed E-state index contributed by atoms with van der Waals surface area (Å²) in [6, 6.07) is 2.07. The number of benzene rings is 1. The molecule has 0 spiro atoms. The second-order valence-corrected chi connectivity index (χ2v) is 14.8. The van der Waals surface area contributed by atoms with Crippen LogP contribution in [0.25, 0.3) is 0 Å². The number of aliphatic hydroxyl groups excluding tert-OH is 2. The number of carbonyl (C=O) groups is 3. The Bertz CT molecular complexity index is 1450. The van der Waals surface area contributed by atoms with Crippen LogP contribution >= 0.6 is 0 Å². The van der Waals surface area contributed by atoms with E-state index in [1.54, 1.807) is 6.92 Å². The molecule has 4 aliphatic rings. The van der Waals surface area contributed by atoms with Gasteiger partial charge in [0.25, 0.3) is 0 Å². The summed E-state index contributed by atoms with van der Waals surface area (Å²) in [6.07, 6.45) is 4.33. The lowest BCUT2D eigenvalue weighted by molar-refractivity contribution is -0.171. The van der Waals surface area contributed by atoms with Crippen molar-refractivity contribution in [3.8, 4) is 5.75 Å². The number of Topliss-reactive ketones (excluding diaryl/α,β-unsaturated/α-hetero) is 3.